The van der Waals surface area contributed by atoms with Gasteiger partial charge in [0.25, 0.3) is 0 Å². The number of likely N-dealkylation sites (tertiary alicyclic amines) is 1. The smallest absolute Gasteiger partial charge is 0.222 e. The summed E-state index contributed by atoms with van der Waals surface area (Å²) < 4.78 is 1.97. The Balaban J connectivity index is 1.98. The summed E-state index contributed by atoms with van der Waals surface area (Å²) in [6.45, 7) is 14.9. The highest BCUT2D eigenvalue weighted by molar-refractivity contribution is 5.76. The zero-order valence-corrected chi connectivity index (χ0v) is 14.4. The Hall–Kier alpha value is -1.58. The zero-order valence-electron chi connectivity index (χ0n) is 14.4. The van der Waals surface area contributed by atoms with E-state index >= 15 is 0 Å². The van der Waals surface area contributed by atoms with Gasteiger partial charge in [0, 0.05) is 25.2 Å². The maximum absolute atomic E-state index is 12.5. The summed E-state index contributed by atoms with van der Waals surface area (Å²) in [6.07, 6.45) is 4.45. The largest absolute Gasteiger partial charge is 0.342 e. The summed E-state index contributed by atoms with van der Waals surface area (Å²) in [7, 11) is 0. The molecular formula is C18H29N3O. The molecule has 0 spiro atoms. The van der Waals surface area contributed by atoms with Crippen molar-refractivity contribution in [1.82, 2.24) is 14.7 Å². The summed E-state index contributed by atoms with van der Waals surface area (Å²) in [6, 6.07) is 0. The fraction of sp³-hybridized carbons (Fsp3) is 0.667. The quantitative estimate of drug-likeness (QED) is 0.784. The second-order valence-electron chi connectivity index (χ2n) is 6.86. The lowest BCUT2D eigenvalue weighted by molar-refractivity contribution is -0.133. The van der Waals surface area contributed by atoms with Gasteiger partial charge in [-0.2, -0.15) is 5.10 Å². The number of carbonyl (C=O) groups excluding carboxylic acids is 1. The molecule has 0 saturated carbocycles. The molecule has 4 heteroatoms. The molecule has 122 valence electrons. The number of aryl methyl sites for hydroxylation is 1. The van der Waals surface area contributed by atoms with Crippen LogP contribution in [-0.2, 0) is 17.8 Å². The Morgan fingerprint density at radius 1 is 1.32 bits per heavy atom. The van der Waals surface area contributed by atoms with Crippen LogP contribution in [0.15, 0.2) is 12.7 Å². The third kappa shape index (κ3) is 3.79. The minimum Gasteiger partial charge on any atom is -0.342 e. The third-order valence-corrected chi connectivity index (χ3v) is 4.64. The molecule has 1 aliphatic rings. The summed E-state index contributed by atoms with van der Waals surface area (Å²) in [5.74, 6) is 1.52. The van der Waals surface area contributed by atoms with Crippen molar-refractivity contribution >= 4 is 5.91 Å². The molecule has 0 radical (unpaired) electrons. The van der Waals surface area contributed by atoms with E-state index in [1.54, 1.807) is 0 Å². The topological polar surface area (TPSA) is 38.1 Å². The van der Waals surface area contributed by atoms with Gasteiger partial charge < -0.3 is 4.90 Å². The van der Waals surface area contributed by atoms with Gasteiger partial charge in [-0.15, -0.1) is 6.58 Å². The zero-order chi connectivity index (χ0) is 16.3. The van der Waals surface area contributed by atoms with E-state index in [0.29, 0.717) is 18.3 Å². The first-order valence-corrected chi connectivity index (χ1v) is 8.33. The number of piperidine rings is 1. The van der Waals surface area contributed by atoms with Crippen LogP contribution in [0.5, 0.6) is 0 Å². The van der Waals surface area contributed by atoms with Gasteiger partial charge in [0.2, 0.25) is 5.91 Å². The summed E-state index contributed by atoms with van der Waals surface area (Å²) >= 11 is 0. The van der Waals surface area contributed by atoms with Crippen molar-refractivity contribution in [3.63, 3.8) is 0 Å². The maximum Gasteiger partial charge on any atom is 0.222 e. The van der Waals surface area contributed by atoms with E-state index in [9.17, 15) is 4.79 Å². The van der Waals surface area contributed by atoms with E-state index in [4.69, 9.17) is 0 Å². The molecule has 2 heterocycles. The Morgan fingerprint density at radius 2 is 1.95 bits per heavy atom. The lowest BCUT2D eigenvalue weighted by atomic mass is 9.91. The van der Waals surface area contributed by atoms with Crippen LogP contribution in [0.3, 0.4) is 0 Å². The second kappa shape index (κ2) is 7.12. The third-order valence-electron chi connectivity index (χ3n) is 4.64. The van der Waals surface area contributed by atoms with Crippen molar-refractivity contribution in [2.24, 2.45) is 11.8 Å². The van der Waals surface area contributed by atoms with Crippen LogP contribution >= 0.6 is 0 Å². The van der Waals surface area contributed by atoms with Gasteiger partial charge >= 0.3 is 0 Å². The van der Waals surface area contributed by atoms with E-state index in [1.165, 1.54) is 12.0 Å². The highest BCUT2D eigenvalue weighted by Gasteiger charge is 2.25. The SMILES string of the molecule is C=CCn1nc(C)c(CCC(=O)N2C[C@@H](C)C[C@H](C)C2)c1C. The first kappa shape index (κ1) is 16.8. The number of carbonyl (C=O) groups is 1. The van der Waals surface area contributed by atoms with Crippen molar-refractivity contribution in [2.75, 3.05) is 13.1 Å². The first-order valence-electron chi connectivity index (χ1n) is 8.33. The molecule has 1 fully saturated rings. The summed E-state index contributed by atoms with van der Waals surface area (Å²) in [4.78, 5) is 14.6. The maximum atomic E-state index is 12.5. The van der Waals surface area contributed by atoms with Crippen molar-refractivity contribution in [1.29, 1.82) is 0 Å². The van der Waals surface area contributed by atoms with Crippen molar-refractivity contribution in [2.45, 2.75) is 53.5 Å². The fourth-order valence-electron chi connectivity index (χ4n) is 3.65. The minimum absolute atomic E-state index is 0.286. The Labute approximate surface area is 134 Å². The number of rotatable bonds is 5. The van der Waals surface area contributed by atoms with Gasteiger partial charge in [0.15, 0.2) is 0 Å². The van der Waals surface area contributed by atoms with E-state index in [0.717, 1.165) is 37.4 Å². The van der Waals surface area contributed by atoms with Crippen molar-refractivity contribution in [3.8, 4) is 0 Å². The predicted molar refractivity (Wildman–Crippen MR) is 89.7 cm³/mol. The first-order chi connectivity index (χ1) is 10.4. The molecule has 1 aliphatic heterocycles. The van der Waals surface area contributed by atoms with Crippen molar-refractivity contribution < 1.29 is 4.79 Å². The molecule has 2 rings (SSSR count). The van der Waals surface area contributed by atoms with Crippen LogP contribution in [0.1, 0.15) is 43.6 Å². The second-order valence-corrected chi connectivity index (χ2v) is 6.86. The number of hydrogen-bond acceptors (Lipinski definition) is 2. The van der Waals surface area contributed by atoms with Gasteiger partial charge in [-0.1, -0.05) is 19.9 Å². The molecule has 1 aromatic rings. The van der Waals surface area contributed by atoms with Crippen LogP contribution < -0.4 is 0 Å². The highest BCUT2D eigenvalue weighted by atomic mass is 16.2. The molecule has 0 unspecified atom stereocenters. The number of hydrogen-bond donors (Lipinski definition) is 0. The van der Waals surface area contributed by atoms with E-state index in [1.807, 2.05) is 17.7 Å². The lowest BCUT2D eigenvalue weighted by Gasteiger charge is -2.35. The molecule has 1 amide bonds. The summed E-state index contributed by atoms with van der Waals surface area (Å²) in [5.41, 5.74) is 3.41. The van der Waals surface area contributed by atoms with Crippen molar-refractivity contribution in [3.05, 3.63) is 29.6 Å². The highest BCUT2D eigenvalue weighted by Crippen LogP contribution is 2.22. The van der Waals surface area contributed by atoms with Gasteiger partial charge in [-0.3, -0.25) is 9.48 Å². The normalized spacial score (nSPS) is 21.9. The minimum atomic E-state index is 0.286. The molecule has 0 bridgehead atoms. The number of amides is 1. The van der Waals surface area contributed by atoms with Crippen LogP contribution in [0.4, 0.5) is 0 Å². The van der Waals surface area contributed by atoms with Crippen LogP contribution in [0.25, 0.3) is 0 Å². The number of aromatic nitrogens is 2. The molecule has 4 nitrogen and oxygen atoms in total. The Morgan fingerprint density at radius 3 is 2.55 bits per heavy atom. The standard InChI is InChI=1S/C18H29N3O/c1-6-9-21-16(5)17(15(4)19-21)7-8-18(22)20-11-13(2)10-14(3)12-20/h6,13-14H,1,7-12H2,2-5H3/t13-,14-/m0/s1. The molecule has 0 N–H and O–H groups in total. The van der Waals surface area contributed by atoms with Gasteiger partial charge in [-0.25, -0.2) is 0 Å². The molecule has 0 aliphatic carbocycles. The van der Waals surface area contributed by atoms with E-state index < -0.39 is 0 Å². The Kier molecular flexibility index (Phi) is 5.43. The molecular weight excluding hydrogens is 274 g/mol. The van der Waals surface area contributed by atoms with Crippen LogP contribution in [-0.4, -0.2) is 33.7 Å². The lowest BCUT2D eigenvalue weighted by Crippen LogP contribution is -2.42. The van der Waals surface area contributed by atoms with Gasteiger partial charge in [0.05, 0.1) is 12.2 Å². The number of nitrogens with zero attached hydrogens (tertiary/aromatic N) is 3. The van der Waals surface area contributed by atoms with E-state index in [2.05, 4.69) is 37.3 Å². The van der Waals surface area contributed by atoms with E-state index in [-0.39, 0.29) is 5.91 Å². The molecule has 22 heavy (non-hydrogen) atoms. The average molecular weight is 303 g/mol. The van der Waals surface area contributed by atoms with Gasteiger partial charge in [-0.05, 0) is 44.1 Å². The predicted octanol–water partition coefficient (Wildman–Crippen LogP) is 3.12. The molecule has 0 aromatic carbocycles. The molecule has 1 saturated heterocycles. The molecule has 2 atom stereocenters. The van der Waals surface area contributed by atoms with Crippen LogP contribution in [0.2, 0.25) is 0 Å². The number of allylic oxidation sites excluding steroid dienone is 1. The fourth-order valence-corrected chi connectivity index (χ4v) is 3.65. The average Bonchev–Trinajstić information content (AvgIpc) is 2.70. The Bertz CT molecular complexity index is 537. The van der Waals surface area contributed by atoms with Crippen LogP contribution in [0, 0.1) is 25.7 Å². The van der Waals surface area contributed by atoms with Gasteiger partial charge in [0.1, 0.15) is 0 Å². The molecule has 1 aromatic heterocycles. The summed E-state index contributed by atoms with van der Waals surface area (Å²) in [5, 5.41) is 4.53. The monoisotopic (exact) mass is 303 g/mol.